The van der Waals surface area contributed by atoms with E-state index in [0.717, 1.165) is 23.5 Å². The summed E-state index contributed by atoms with van der Waals surface area (Å²) in [5.74, 6) is 2.17. The minimum absolute atomic E-state index is 0.356. The molecule has 0 aliphatic heterocycles. The average molecular weight is 281 g/mol. The molecule has 20 heavy (non-hydrogen) atoms. The van der Waals surface area contributed by atoms with Crippen molar-refractivity contribution in [1.82, 2.24) is 5.32 Å². The van der Waals surface area contributed by atoms with Gasteiger partial charge in [0.05, 0.1) is 19.8 Å². The smallest absolute Gasteiger partial charge is 0.165 e. The molecule has 0 radical (unpaired) electrons. The van der Waals surface area contributed by atoms with E-state index < -0.39 is 0 Å². The SMILES string of the molecule is COc1cccc(CNCC(C)O)c1OCCC(C)C. The van der Waals surface area contributed by atoms with Gasteiger partial charge in [-0.1, -0.05) is 26.0 Å². The van der Waals surface area contributed by atoms with Crippen LogP contribution in [0.25, 0.3) is 0 Å². The van der Waals surface area contributed by atoms with Gasteiger partial charge in [0.1, 0.15) is 0 Å². The molecule has 0 spiro atoms. The molecule has 0 saturated heterocycles. The van der Waals surface area contributed by atoms with Crippen molar-refractivity contribution in [1.29, 1.82) is 0 Å². The number of methoxy groups -OCH3 is 1. The van der Waals surface area contributed by atoms with Crippen molar-refractivity contribution >= 4 is 0 Å². The number of aliphatic hydroxyl groups excluding tert-OH is 1. The van der Waals surface area contributed by atoms with E-state index in [0.29, 0.717) is 25.6 Å². The van der Waals surface area contributed by atoms with Gasteiger partial charge in [0.25, 0.3) is 0 Å². The fourth-order valence-corrected chi connectivity index (χ4v) is 1.84. The van der Waals surface area contributed by atoms with Gasteiger partial charge >= 0.3 is 0 Å². The average Bonchev–Trinajstić information content (AvgIpc) is 2.39. The molecule has 1 rings (SSSR count). The number of ether oxygens (including phenoxy) is 2. The maximum absolute atomic E-state index is 9.28. The topological polar surface area (TPSA) is 50.7 Å². The van der Waals surface area contributed by atoms with Crippen molar-refractivity contribution < 1.29 is 14.6 Å². The second-order valence-corrected chi connectivity index (χ2v) is 5.46. The second kappa shape index (κ2) is 8.82. The Balaban J connectivity index is 2.70. The third-order valence-electron chi connectivity index (χ3n) is 2.98. The molecule has 0 heterocycles. The molecule has 1 atom stereocenters. The molecule has 1 aromatic rings. The summed E-state index contributed by atoms with van der Waals surface area (Å²) in [6.45, 7) is 8.01. The first-order valence-corrected chi connectivity index (χ1v) is 7.22. The number of rotatable bonds is 9. The van der Waals surface area contributed by atoms with E-state index in [4.69, 9.17) is 9.47 Å². The highest BCUT2D eigenvalue weighted by Gasteiger charge is 2.11. The Morgan fingerprint density at radius 2 is 2.00 bits per heavy atom. The lowest BCUT2D eigenvalue weighted by molar-refractivity contribution is 0.190. The van der Waals surface area contributed by atoms with Crippen LogP contribution in [0.1, 0.15) is 32.8 Å². The minimum atomic E-state index is -0.356. The molecule has 0 fully saturated rings. The highest BCUT2D eigenvalue weighted by atomic mass is 16.5. The molecule has 1 unspecified atom stereocenters. The third kappa shape index (κ3) is 5.80. The molecule has 0 aliphatic rings. The van der Waals surface area contributed by atoms with Crippen LogP contribution >= 0.6 is 0 Å². The molecule has 0 amide bonds. The molecule has 0 saturated carbocycles. The first-order valence-electron chi connectivity index (χ1n) is 7.22. The molecule has 0 bridgehead atoms. The standard InChI is InChI=1S/C16H27NO3/c1-12(2)8-9-20-16-14(11-17-10-13(3)18)6-5-7-15(16)19-4/h5-7,12-13,17-18H,8-11H2,1-4H3. The van der Waals surface area contributed by atoms with E-state index >= 15 is 0 Å². The van der Waals surface area contributed by atoms with Gasteiger partial charge in [0.2, 0.25) is 0 Å². The number of para-hydroxylation sites is 1. The largest absolute Gasteiger partial charge is 0.493 e. The van der Waals surface area contributed by atoms with Gasteiger partial charge < -0.3 is 19.9 Å². The van der Waals surface area contributed by atoms with Crippen LogP contribution in [0.4, 0.5) is 0 Å². The zero-order valence-electron chi connectivity index (χ0n) is 13.0. The first kappa shape index (κ1) is 16.8. The number of benzene rings is 1. The number of nitrogens with one attached hydrogen (secondary N) is 1. The quantitative estimate of drug-likeness (QED) is 0.730. The molecule has 0 aromatic heterocycles. The van der Waals surface area contributed by atoms with E-state index in [-0.39, 0.29) is 6.10 Å². The van der Waals surface area contributed by atoms with Crippen LogP contribution in [0.15, 0.2) is 18.2 Å². The van der Waals surface area contributed by atoms with Crippen LogP contribution in [0, 0.1) is 5.92 Å². The van der Waals surface area contributed by atoms with Crippen LogP contribution in [0.5, 0.6) is 11.5 Å². The maximum atomic E-state index is 9.28. The highest BCUT2D eigenvalue weighted by Crippen LogP contribution is 2.31. The van der Waals surface area contributed by atoms with Crippen LogP contribution in [0.2, 0.25) is 0 Å². The van der Waals surface area contributed by atoms with E-state index in [2.05, 4.69) is 19.2 Å². The summed E-state index contributed by atoms with van der Waals surface area (Å²) in [5.41, 5.74) is 1.05. The van der Waals surface area contributed by atoms with Crippen LogP contribution in [-0.2, 0) is 6.54 Å². The lowest BCUT2D eigenvalue weighted by atomic mass is 10.1. The fraction of sp³-hybridized carbons (Fsp3) is 0.625. The number of hydrogen-bond acceptors (Lipinski definition) is 4. The fourth-order valence-electron chi connectivity index (χ4n) is 1.84. The van der Waals surface area contributed by atoms with Gasteiger partial charge in [-0.3, -0.25) is 0 Å². The summed E-state index contributed by atoms with van der Waals surface area (Å²) in [6, 6.07) is 5.87. The Bertz CT molecular complexity index is 391. The van der Waals surface area contributed by atoms with E-state index in [1.54, 1.807) is 14.0 Å². The zero-order valence-corrected chi connectivity index (χ0v) is 13.0. The number of hydrogen-bond donors (Lipinski definition) is 2. The van der Waals surface area contributed by atoms with E-state index in [9.17, 15) is 5.11 Å². The molecular weight excluding hydrogens is 254 g/mol. The summed E-state index contributed by atoms with van der Waals surface area (Å²) in [7, 11) is 1.65. The van der Waals surface area contributed by atoms with Crippen LogP contribution < -0.4 is 14.8 Å². The lowest BCUT2D eigenvalue weighted by Crippen LogP contribution is -2.24. The van der Waals surface area contributed by atoms with Crippen molar-refractivity contribution in [3.63, 3.8) is 0 Å². The minimum Gasteiger partial charge on any atom is -0.493 e. The zero-order chi connectivity index (χ0) is 15.0. The number of aliphatic hydroxyl groups is 1. The van der Waals surface area contributed by atoms with Crippen molar-refractivity contribution in [2.75, 3.05) is 20.3 Å². The van der Waals surface area contributed by atoms with Crippen molar-refractivity contribution in [3.8, 4) is 11.5 Å². The Morgan fingerprint density at radius 3 is 2.60 bits per heavy atom. The van der Waals surface area contributed by atoms with Gasteiger partial charge in [-0.25, -0.2) is 0 Å². The Kier molecular flexibility index (Phi) is 7.41. The molecule has 114 valence electrons. The van der Waals surface area contributed by atoms with Crippen molar-refractivity contribution in [2.45, 2.75) is 39.8 Å². The van der Waals surface area contributed by atoms with Gasteiger partial charge in [-0.15, -0.1) is 0 Å². The molecule has 4 nitrogen and oxygen atoms in total. The summed E-state index contributed by atoms with van der Waals surface area (Å²) in [5, 5.41) is 12.5. The Morgan fingerprint density at radius 1 is 1.25 bits per heavy atom. The normalized spacial score (nSPS) is 12.5. The second-order valence-electron chi connectivity index (χ2n) is 5.46. The van der Waals surface area contributed by atoms with Crippen LogP contribution in [0.3, 0.4) is 0 Å². The summed E-state index contributed by atoms with van der Waals surface area (Å²) in [6.07, 6.45) is 0.657. The Labute approximate surface area is 122 Å². The van der Waals surface area contributed by atoms with Gasteiger partial charge in [0.15, 0.2) is 11.5 Å². The van der Waals surface area contributed by atoms with Crippen molar-refractivity contribution in [3.05, 3.63) is 23.8 Å². The van der Waals surface area contributed by atoms with Gasteiger partial charge in [-0.2, -0.15) is 0 Å². The highest BCUT2D eigenvalue weighted by molar-refractivity contribution is 5.46. The summed E-state index contributed by atoms with van der Waals surface area (Å²) >= 11 is 0. The molecule has 0 aliphatic carbocycles. The summed E-state index contributed by atoms with van der Waals surface area (Å²) in [4.78, 5) is 0. The predicted molar refractivity (Wildman–Crippen MR) is 81.3 cm³/mol. The van der Waals surface area contributed by atoms with Gasteiger partial charge in [-0.05, 0) is 25.3 Å². The molecule has 2 N–H and O–H groups in total. The molecule has 1 aromatic carbocycles. The maximum Gasteiger partial charge on any atom is 0.165 e. The first-order chi connectivity index (χ1) is 9.54. The monoisotopic (exact) mass is 281 g/mol. The van der Waals surface area contributed by atoms with Gasteiger partial charge in [0, 0.05) is 18.7 Å². The Hall–Kier alpha value is -1.26. The van der Waals surface area contributed by atoms with E-state index in [1.807, 2.05) is 18.2 Å². The van der Waals surface area contributed by atoms with Crippen LogP contribution in [-0.4, -0.2) is 31.5 Å². The molecular formula is C16H27NO3. The molecule has 4 heteroatoms. The van der Waals surface area contributed by atoms with Crippen molar-refractivity contribution in [2.24, 2.45) is 5.92 Å². The summed E-state index contributed by atoms with van der Waals surface area (Å²) < 4.78 is 11.3. The third-order valence-corrected chi connectivity index (χ3v) is 2.98. The predicted octanol–water partition coefficient (Wildman–Crippen LogP) is 2.59. The lowest BCUT2D eigenvalue weighted by Gasteiger charge is -2.16. The van der Waals surface area contributed by atoms with E-state index in [1.165, 1.54) is 0 Å².